The molecule has 0 aromatic heterocycles. The van der Waals surface area contributed by atoms with E-state index >= 15 is 0 Å². The lowest BCUT2D eigenvalue weighted by atomic mass is 9.95. The normalized spacial score (nSPS) is 13.3. The van der Waals surface area contributed by atoms with Crippen molar-refractivity contribution >= 4 is 34.4 Å². The summed E-state index contributed by atoms with van der Waals surface area (Å²) in [5.74, 6) is 0.429. The molecule has 4 rings (SSSR count). The highest BCUT2D eigenvalue weighted by Gasteiger charge is 2.22. The average Bonchev–Trinajstić information content (AvgIpc) is 3.28. The number of nitrogen functional groups attached to an aromatic ring is 1. The fourth-order valence-electron chi connectivity index (χ4n) is 4.12. The summed E-state index contributed by atoms with van der Waals surface area (Å²) in [6.07, 6.45) is 2.81. The summed E-state index contributed by atoms with van der Waals surface area (Å²) in [5.41, 5.74) is 12.5. The third-order valence-corrected chi connectivity index (χ3v) is 5.77. The lowest BCUT2D eigenvalue weighted by molar-refractivity contribution is 0.0526. The van der Waals surface area contributed by atoms with E-state index in [2.05, 4.69) is 0 Å². The molecule has 5 heteroatoms. The zero-order valence-corrected chi connectivity index (χ0v) is 18.8. The number of hydrogen-bond acceptors (Lipinski definition) is 4. The van der Waals surface area contributed by atoms with Gasteiger partial charge in [-0.15, -0.1) is 0 Å². The Balaban J connectivity index is 1.73. The van der Waals surface area contributed by atoms with E-state index in [1.807, 2.05) is 60.7 Å². The molecule has 0 unspecified atom stereocenters. The zero-order chi connectivity index (χ0) is 22.5. The molecule has 0 spiro atoms. The third kappa shape index (κ3) is 4.97. The highest BCUT2D eigenvalue weighted by Crippen LogP contribution is 2.44. The van der Waals surface area contributed by atoms with Crippen LogP contribution in [0.3, 0.4) is 0 Å². The van der Waals surface area contributed by atoms with Gasteiger partial charge in [-0.1, -0.05) is 41.9 Å². The van der Waals surface area contributed by atoms with Crippen molar-refractivity contribution in [3.63, 3.8) is 0 Å². The SMILES string of the molecule is CCOC(=O)c1cc(N)cc(C2=C(c3cc(Cl)ccc3OCc3ccccc3)CCC2)c1. The first-order valence-corrected chi connectivity index (χ1v) is 11.2. The summed E-state index contributed by atoms with van der Waals surface area (Å²) in [6.45, 7) is 2.59. The van der Waals surface area contributed by atoms with Crippen LogP contribution < -0.4 is 10.5 Å². The molecule has 2 N–H and O–H groups in total. The van der Waals surface area contributed by atoms with Crippen molar-refractivity contribution in [1.29, 1.82) is 0 Å². The first kappa shape index (κ1) is 22.0. The number of carbonyl (C=O) groups is 1. The minimum Gasteiger partial charge on any atom is -0.488 e. The monoisotopic (exact) mass is 447 g/mol. The zero-order valence-electron chi connectivity index (χ0n) is 18.1. The Bertz CT molecular complexity index is 1150. The van der Waals surface area contributed by atoms with Gasteiger partial charge in [-0.2, -0.15) is 0 Å². The Labute approximate surface area is 193 Å². The van der Waals surface area contributed by atoms with E-state index in [0.717, 1.165) is 47.3 Å². The van der Waals surface area contributed by atoms with E-state index in [-0.39, 0.29) is 5.97 Å². The van der Waals surface area contributed by atoms with E-state index in [1.54, 1.807) is 13.0 Å². The van der Waals surface area contributed by atoms with Crippen molar-refractivity contribution in [1.82, 2.24) is 0 Å². The topological polar surface area (TPSA) is 61.5 Å². The van der Waals surface area contributed by atoms with Gasteiger partial charge in [0.15, 0.2) is 0 Å². The predicted octanol–water partition coefficient (Wildman–Crippen LogP) is 6.77. The van der Waals surface area contributed by atoms with Gasteiger partial charge in [-0.3, -0.25) is 0 Å². The van der Waals surface area contributed by atoms with Gasteiger partial charge in [0.25, 0.3) is 0 Å². The maximum atomic E-state index is 12.3. The molecule has 0 saturated heterocycles. The fourth-order valence-corrected chi connectivity index (χ4v) is 4.29. The first-order chi connectivity index (χ1) is 15.5. The Morgan fingerprint density at radius 3 is 2.56 bits per heavy atom. The fraction of sp³-hybridized carbons (Fsp3) is 0.222. The molecule has 0 heterocycles. The Hall–Kier alpha value is -3.24. The van der Waals surface area contributed by atoms with Crippen LogP contribution in [0.15, 0.2) is 66.7 Å². The number of carbonyl (C=O) groups excluding carboxylic acids is 1. The second kappa shape index (κ2) is 9.92. The number of hydrogen-bond donors (Lipinski definition) is 1. The molecule has 4 nitrogen and oxygen atoms in total. The standard InChI is InChI=1S/C27H26ClNO3/c1-2-31-27(30)20-13-19(14-22(29)15-20)23-9-6-10-24(23)25-16-21(28)11-12-26(25)32-17-18-7-4-3-5-8-18/h3-5,7-8,11-16H,2,6,9-10,17,29H2,1H3. The molecule has 3 aromatic carbocycles. The largest absolute Gasteiger partial charge is 0.488 e. The Kier molecular flexibility index (Phi) is 6.81. The number of allylic oxidation sites excluding steroid dienone is 2. The van der Waals surface area contributed by atoms with Crippen LogP contribution in [0.5, 0.6) is 5.75 Å². The van der Waals surface area contributed by atoms with Gasteiger partial charge >= 0.3 is 5.97 Å². The summed E-state index contributed by atoms with van der Waals surface area (Å²) in [7, 11) is 0. The smallest absolute Gasteiger partial charge is 0.338 e. The molecule has 3 aromatic rings. The number of esters is 1. The van der Waals surface area contributed by atoms with Crippen LogP contribution in [0.1, 0.15) is 53.2 Å². The van der Waals surface area contributed by atoms with Gasteiger partial charge < -0.3 is 15.2 Å². The predicted molar refractivity (Wildman–Crippen MR) is 130 cm³/mol. The van der Waals surface area contributed by atoms with Crippen molar-refractivity contribution in [2.75, 3.05) is 12.3 Å². The molecule has 1 aliphatic carbocycles. The van der Waals surface area contributed by atoms with E-state index in [1.165, 1.54) is 5.57 Å². The van der Waals surface area contributed by atoms with Gasteiger partial charge in [0.2, 0.25) is 0 Å². The number of anilines is 1. The van der Waals surface area contributed by atoms with Crippen LogP contribution in [-0.4, -0.2) is 12.6 Å². The molecule has 0 aliphatic heterocycles. The van der Waals surface area contributed by atoms with Gasteiger partial charge in [0, 0.05) is 16.3 Å². The van der Waals surface area contributed by atoms with Gasteiger partial charge in [-0.05, 0) is 84.9 Å². The molecule has 1 aliphatic rings. The van der Waals surface area contributed by atoms with Crippen molar-refractivity contribution in [3.8, 4) is 5.75 Å². The van der Waals surface area contributed by atoms with Crippen LogP contribution in [0.4, 0.5) is 5.69 Å². The summed E-state index contributed by atoms with van der Waals surface area (Å²) < 4.78 is 11.4. The van der Waals surface area contributed by atoms with Crippen LogP contribution in [0.2, 0.25) is 5.02 Å². The second-order valence-corrected chi connectivity index (χ2v) is 8.23. The van der Waals surface area contributed by atoms with Crippen LogP contribution in [-0.2, 0) is 11.3 Å². The van der Waals surface area contributed by atoms with Crippen molar-refractivity contribution in [2.24, 2.45) is 0 Å². The van der Waals surface area contributed by atoms with Gasteiger partial charge in [0.05, 0.1) is 12.2 Å². The number of rotatable bonds is 7. The highest BCUT2D eigenvalue weighted by atomic mass is 35.5. The summed E-state index contributed by atoms with van der Waals surface area (Å²) in [4.78, 5) is 12.3. The molecule has 32 heavy (non-hydrogen) atoms. The lowest BCUT2D eigenvalue weighted by Crippen LogP contribution is -2.06. The molecular formula is C27H26ClNO3. The maximum absolute atomic E-state index is 12.3. The third-order valence-electron chi connectivity index (χ3n) is 5.54. The van der Waals surface area contributed by atoms with E-state index < -0.39 is 0 Å². The van der Waals surface area contributed by atoms with E-state index in [0.29, 0.717) is 29.5 Å². The van der Waals surface area contributed by atoms with Gasteiger partial charge in [-0.25, -0.2) is 4.79 Å². The van der Waals surface area contributed by atoms with E-state index in [4.69, 9.17) is 26.8 Å². The van der Waals surface area contributed by atoms with Crippen LogP contribution in [0.25, 0.3) is 11.1 Å². The van der Waals surface area contributed by atoms with E-state index in [9.17, 15) is 4.79 Å². The Morgan fingerprint density at radius 1 is 1.00 bits per heavy atom. The number of benzene rings is 3. The van der Waals surface area contributed by atoms with Crippen LogP contribution >= 0.6 is 11.6 Å². The minimum absolute atomic E-state index is 0.321. The van der Waals surface area contributed by atoms with Gasteiger partial charge in [0.1, 0.15) is 12.4 Å². The molecule has 164 valence electrons. The van der Waals surface area contributed by atoms with Crippen molar-refractivity contribution in [2.45, 2.75) is 32.8 Å². The average molecular weight is 448 g/mol. The summed E-state index contributed by atoms with van der Waals surface area (Å²) in [6, 6.07) is 21.2. The second-order valence-electron chi connectivity index (χ2n) is 7.79. The minimum atomic E-state index is -0.365. The molecule has 0 atom stereocenters. The van der Waals surface area contributed by atoms with Crippen LogP contribution in [0, 0.1) is 0 Å². The quantitative estimate of drug-likeness (QED) is 0.320. The van der Waals surface area contributed by atoms with Crippen molar-refractivity contribution in [3.05, 3.63) is 94.0 Å². The number of nitrogens with two attached hydrogens (primary N) is 1. The summed E-state index contributed by atoms with van der Waals surface area (Å²) in [5, 5.41) is 0.658. The Morgan fingerprint density at radius 2 is 1.78 bits per heavy atom. The van der Waals surface area contributed by atoms with Crippen molar-refractivity contribution < 1.29 is 14.3 Å². The molecule has 0 bridgehead atoms. The molecule has 0 amide bonds. The summed E-state index contributed by atoms with van der Waals surface area (Å²) >= 11 is 6.37. The maximum Gasteiger partial charge on any atom is 0.338 e. The molecule has 0 fully saturated rings. The highest BCUT2D eigenvalue weighted by molar-refractivity contribution is 6.30. The number of ether oxygens (including phenoxy) is 2. The molecule has 0 saturated carbocycles. The molecular weight excluding hydrogens is 422 g/mol. The number of halogens is 1. The molecule has 0 radical (unpaired) electrons. The first-order valence-electron chi connectivity index (χ1n) is 10.8. The lowest BCUT2D eigenvalue weighted by Gasteiger charge is -2.16.